The van der Waals surface area contributed by atoms with E-state index >= 15 is 0 Å². The summed E-state index contributed by atoms with van der Waals surface area (Å²) >= 11 is 6.16. The molecule has 0 saturated heterocycles. The molecule has 0 bridgehead atoms. The van der Waals surface area contributed by atoms with Crippen molar-refractivity contribution in [1.82, 2.24) is 0 Å². The maximum Gasteiger partial charge on any atom is 0.267 e. The second-order valence-corrected chi connectivity index (χ2v) is 10.1. The quantitative estimate of drug-likeness (QED) is 0.590. The number of ether oxygens (including phenoxy) is 1. The van der Waals surface area contributed by atoms with Crippen molar-refractivity contribution in [2.45, 2.75) is 31.8 Å². The molecule has 4 rings (SSSR count). The van der Waals surface area contributed by atoms with Gasteiger partial charge in [-0.15, -0.1) is 0 Å². The van der Waals surface area contributed by atoms with Crippen molar-refractivity contribution < 1.29 is 17.9 Å². The Hall–Kier alpha value is -3.03. The third-order valence-electron chi connectivity index (χ3n) is 5.33. The lowest BCUT2D eigenvalue weighted by Crippen LogP contribution is -2.48. The number of benzene rings is 3. The number of carbonyl (C=O) groups excluding carboxylic acids is 1. The average Bonchev–Trinajstić information content (AvgIpc) is 2.75. The summed E-state index contributed by atoms with van der Waals surface area (Å²) in [7, 11) is -3.90. The molecular formula is C24H23ClN2O4S. The van der Waals surface area contributed by atoms with E-state index in [4.69, 9.17) is 16.3 Å². The van der Waals surface area contributed by atoms with Crippen LogP contribution in [-0.2, 0) is 14.8 Å². The van der Waals surface area contributed by atoms with Crippen LogP contribution in [0.5, 0.6) is 5.75 Å². The highest BCUT2D eigenvalue weighted by Gasteiger charge is 2.37. The minimum Gasteiger partial charge on any atom is -0.476 e. The van der Waals surface area contributed by atoms with E-state index in [0.717, 1.165) is 16.7 Å². The molecule has 0 aromatic heterocycles. The lowest BCUT2D eigenvalue weighted by Gasteiger charge is -2.35. The second-order valence-electron chi connectivity index (χ2n) is 7.88. The predicted octanol–water partition coefficient (Wildman–Crippen LogP) is 4.86. The molecule has 0 radical (unpaired) electrons. The molecule has 0 spiro atoms. The number of hydrogen-bond donors (Lipinski definition) is 1. The van der Waals surface area contributed by atoms with Crippen LogP contribution in [0.3, 0.4) is 0 Å². The Morgan fingerprint density at radius 3 is 2.38 bits per heavy atom. The lowest BCUT2D eigenvalue weighted by atomic mass is 10.1. The number of amides is 1. The Morgan fingerprint density at radius 2 is 1.69 bits per heavy atom. The van der Waals surface area contributed by atoms with E-state index in [-0.39, 0.29) is 11.4 Å². The van der Waals surface area contributed by atoms with Gasteiger partial charge in [0.05, 0.1) is 17.1 Å². The fourth-order valence-electron chi connectivity index (χ4n) is 3.46. The first kappa shape index (κ1) is 22.2. The molecule has 1 heterocycles. The number of fused-ring (bicyclic) bond motifs is 1. The van der Waals surface area contributed by atoms with Crippen molar-refractivity contribution in [2.75, 3.05) is 16.2 Å². The molecule has 6 nitrogen and oxygen atoms in total. The van der Waals surface area contributed by atoms with E-state index in [1.165, 1.54) is 4.31 Å². The molecular weight excluding hydrogens is 448 g/mol. The minimum atomic E-state index is -3.90. The molecule has 8 heteroatoms. The summed E-state index contributed by atoms with van der Waals surface area (Å²) in [6, 6.07) is 17.1. The topological polar surface area (TPSA) is 75.7 Å². The monoisotopic (exact) mass is 470 g/mol. The highest BCUT2D eigenvalue weighted by atomic mass is 35.5. The van der Waals surface area contributed by atoms with Crippen molar-refractivity contribution in [3.8, 4) is 5.75 Å². The maximum absolute atomic E-state index is 13.5. The van der Waals surface area contributed by atoms with Crippen LogP contribution in [0.15, 0.2) is 65.6 Å². The molecule has 0 saturated carbocycles. The van der Waals surface area contributed by atoms with Gasteiger partial charge in [0.25, 0.3) is 15.9 Å². The largest absolute Gasteiger partial charge is 0.476 e. The van der Waals surface area contributed by atoms with E-state index in [1.54, 1.807) is 54.6 Å². The Kier molecular flexibility index (Phi) is 5.88. The number of nitrogens with one attached hydrogen (secondary N) is 1. The van der Waals surface area contributed by atoms with Crippen LogP contribution >= 0.6 is 11.6 Å². The molecule has 3 aromatic rings. The molecule has 0 aliphatic carbocycles. The second kappa shape index (κ2) is 8.48. The lowest BCUT2D eigenvalue weighted by molar-refractivity contribution is -0.122. The van der Waals surface area contributed by atoms with Gasteiger partial charge in [-0.2, -0.15) is 0 Å². The third kappa shape index (κ3) is 4.31. The molecule has 32 heavy (non-hydrogen) atoms. The van der Waals surface area contributed by atoms with Crippen LogP contribution in [0.4, 0.5) is 11.4 Å². The summed E-state index contributed by atoms with van der Waals surface area (Å²) in [5, 5.41) is 3.30. The number of sulfonamides is 1. The Bertz CT molecular complexity index is 1290. The van der Waals surface area contributed by atoms with Crippen LogP contribution < -0.4 is 14.4 Å². The molecule has 1 atom stereocenters. The van der Waals surface area contributed by atoms with Gasteiger partial charge >= 0.3 is 0 Å². The van der Waals surface area contributed by atoms with Gasteiger partial charge < -0.3 is 10.1 Å². The van der Waals surface area contributed by atoms with Gasteiger partial charge in [-0.3, -0.25) is 9.10 Å². The molecule has 1 aliphatic heterocycles. The molecule has 1 amide bonds. The first-order valence-corrected chi connectivity index (χ1v) is 11.9. The van der Waals surface area contributed by atoms with Gasteiger partial charge in [-0.25, -0.2) is 8.42 Å². The summed E-state index contributed by atoms with van der Waals surface area (Å²) < 4.78 is 34.1. The van der Waals surface area contributed by atoms with Crippen LogP contribution in [0.25, 0.3) is 0 Å². The summed E-state index contributed by atoms with van der Waals surface area (Å²) in [5.41, 5.74) is 3.65. The highest BCUT2D eigenvalue weighted by Crippen LogP contribution is 2.38. The molecule has 166 valence electrons. The first-order chi connectivity index (χ1) is 15.1. The van der Waals surface area contributed by atoms with E-state index in [0.29, 0.717) is 22.1 Å². The Balaban J connectivity index is 1.69. The van der Waals surface area contributed by atoms with Crippen molar-refractivity contribution in [3.05, 3.63) is 82.4 Å². The minimum absolute atomic E-state index is 0.154. The van der Waals surface area contributed by atoms with Crippen LogP contribution in [-0.4, -0.2) is 27.0 Å². The Labute approximate surface area is 192 Å². The number of aryl methyl sites for hydroxylation is 3. The van der Waals surface area contributed by atoms with Gasteiger partial charge in [-0.1, -0.05) is 41.4 Å². The van der Waals surface area contributed by atoms with Crippen molar-refractivity contribution in [1.29, 1.82) is 0 Å². The number of halogens is 1. The van der Waals surface area contributed by atoms with E-state index in [9.17, 15) is 13.2 Å². The average molecular weight is 471 g/mol. The molecule has 1 N–H and O–H groups in total. The fraction of sp³-hybridized carbons (Fsp3) is 0.208. The molecule has 3 aromatic carbocycles. The van der Waals surface area contributed by atoms with Gasteiger partial charge in [0.2, 0.25) is 0 Å². The van der Waals surface area contributed by atoms with E-state index < -0.39 is 22.0 Å². The molecule has 1 unspecified atom stereocenters. The predicted molar refractivity (Wildman–Crippen MR) is 126 cm³/mol. The van der Waals surface area contributed by atoms with Crippen LogP contribution in [0.1, 0.15) is 16.7 Å². The van der Waals surface area contributed by atoms with Crippen molar-refractivity contribution in [2.24, 2.45) is 0 Å². The van der Waals surface area contributed by atoms with Gasteiger partial charge in [-0.05, 0) is 68.3 Å². The molecule has 0 fully saturated rings. The standard InChI is InChI=1S/C24H23ClN2O4S/c1-15-4-9-19(10-5-15)32(29,30)27-14-23(31-22-12-16(2)6-11-21(22)27)24(28)26-18-8-7-17(3)20(25)13-18/h4-13,23H,14H2,1-3H3,(H,26,28). The zero-order valence-corrected chi connectivity index (χ0v) is 19.5. The SMILES string of the molecule is Cc1ccc(S(=O)(=O)N2CC(C(=O)Nc3ccc(C)c(Cl)c3)Oc3cc(C)ccc32)cc1. The number of nitrogens with zero attached hydrogens (tertiary/aromatic N) is 1. The van der Waals surface area contributed by atoms with Crippen LogP contribution in [0.2, 0.25) is 5.02 Å². The Morgan fingerprint density at radius 1 is 1.00 bits per heavy atom. The first-order valence-electron chi connectivity index (χ1n) is 10.1. The number of carbonyl (C=O) groups is 1. The maximum atomic E-state index is 13.5. The number of rotatable bonds is 4. The summed E-state index contributed by atoms with van der Waals surface area (Å²) in [4.78, 5) is 13.2. The third-order valence-corrected chi connectivity index (χ3v) is 7.53. The van der Waals surface area contributed by atoms with E-state index in [1.807, 2.05) is 26.8 Å². The van der Waals surface area contributed by atoms with Crippen molar-refractivity contribution >= 4 is 38.9 Å². The summed E-state index contributed by atoms with van der Waals surface area (Å²) in [6.45, 7) is 5.48. The highest BCUT2D eigenvalue weighted by molar-refractivity contribution is 7.92. The van der Waals surface area contributed by atoms with Gasteiger partial charge in [0.15, 0.2) is 6.10 Å². The number of hydrogen-bond acceptors (Lipinski definition) is 4. The summed E-state index contributed by atoms with van der Waals surface area (Å²) in [5.74, 6) is -0.116. The van der Waals surface area contributed by atoms with Crippen molar-refractivity contribution in [3.63, 3.8) is 0 Å². The zero-order chi connectivity index (χ0) is 23.0. The van der Waals surface area contributed by atoms with Crippen LogP contribution in [0, 0.1) is 20.8 Å². The van der Waals surface area contributed by atoms with Gasteiger partial charge in [0, 0.05) is 10.7 Å². The van der Waals surface area contributed by atoms with E-state index in [2.05, 4.69) is 5.32 Å². The molecule has 1 aliphatic rings. The van der Waals surface area contributed by atoms with Gasteiger partial charge in [0.1, 0.15) is 5.75 Å². The smallest absolute Gasteiger partial charge is 0.267 e. The fourth-order valence-corrected chi connectivity index (χ4v) is 5.11. The summed E-state index contributed by atoms with van der Waals surface area (Å²) in [6.07, 6.45) is -1.04. The zero-order valence-electron chi connectivity index (χ0n) is 17.9. The normalized spacial score (nSPS) is 15.6. The number of anilines is 2.